The van der Waals surface area contributed by atoms with Gasteiger partial charge in [-0.25, -0.2) is 10.8 Å². The Labute approximate surface area is 104 Å². The first-order valence-corrected chi connectivity index (χ1v) is 5.55. The highest BCUT2D eigenvalue weighted by atomic mass is 16.2. The summed E-state index contributed by atoms with van der Waals surface area (Å²) in [5.41, 5.74) is 2.49. The second-order valence-corrected chi connectivity index (χ2v) is 3.86. The molecule has 4 N–H and O–H groups in total. The van der Waals surface area contributed by atoms with Crippen LogP contribution in [0.5, 0.6) is 0 Å². The molecular weight excluding hydrogens is 236 g/mol. The van der Waals surface area contributed by atoms with Gasteiger partial charge >= 0.3 is 0 Å². The lowest BCUT2D eigenvalue weighted by molar-refractivity contribution is -0.121. The first-order valence-electron chi connectivity index (χ1n) is 5.55. The number of amides is 2. The molecule has 96 valence electrons. The summed E-state index contributed by atoms with van der Waals surface area (Å²) in [6.45, 7) is 1.14. The molecule has 1 aromatic rings. The Balaban J connectivity index is 2.16. The Hall–Kier alpha value is -2.22. The minimum Gasteiger partial charge on any atom is -0.354 e. The van der Waals surface area contributed by atoms with E-state index in [0.29, 0.717) is 18.9 Å². The number of carbonyl (C=O) groups is 2. The van der Waals surface area contributed by atoms with Gasteiger partial charge in [-0.3, -0.25) is 14.6 Å². The zero-order valence-corrected chi connectivity index (χ0v) is 9.72. The van der Waals surface area contributed by atoms with Gasteiger partial charge in [-0.05, 0) is 6.42 Å². The molecule has 2 heterocycles. The summed E-state index contributed by atoms with van der Waals surface area (Å²) in [4.78, 5) is 32.8. The Bertz CT molecular complexity index is 463. The maximum absolute atomic E-state index is 12.1. The second kappa shape index (κ2) is 5.41. The van der Waals surface area contributed by atoms with Crippen molar-refractivity contribution < 1.29 is 9.59 Å². The van der Waals surface area contributed by atoms with Gasteiger partial charge in [0.25, 0.3) is 5.91 Å². The van der Waals surface area contributed by atoms with Crippen molar-refractivity contribution in [3.63, 3.8) is 0 Å². The van der Waals surface area contributed by atoms with Crippen molar-refractivity contribution in [3.8, 4) is 0 Å². The fourth-order valence-electron chi connectivity index (χ4n) is 1.68. The van der Waals surface area contributed by atoms with E-state index in [2.05, 4.69) is 20.7 Å². The van der Waals surface area contributed by atoms with Crippen molar-refractivity contribution >= 4 is 17.6 Å². The molecule has 0 unspecified atom stereocenters. The van der Waals surface area contributed by atoms with Crippen LogP contribution in [0, 0.1) is 0 Å². The van der Waals surface area contributed by atoms with Gasteiger partial charge in [-0.1, -0.05) is 0 Å². The quantitative estimate of drug-likeness (QED) is 0.445. The van der Waals surface area contributed by atoms with Gasteiger partial charge in [0.2, 0.25) is 5.91 Å². The molecule has 0 aliphatic carbocycles. The average molecular weight is 250 g/mol. The summed E-state index contributed by atoms with van der Waals surface area (Å²) in [6.07, 6.45) is 3.48. The Morgan fingerprint density at radius 1 is 1.50 bits per heavy atom. The monoisotopic (exact) mass is 250 g/mol. The summed E-state index contributed by atoms with van der Waals surface area (Å²) >= 11 is 0. The molecule has 18 heavy (non-hydrogen) atoms. The molecule has 1 aromatic heterocycles. The molecule has 2 amide bonds. The number of hydrogen-bond acceptors (Lipinski definition) is 6. The molecule has 1 aliphatic heterocycles. The van der Waals surface area contributed by atoms with Crippen LogP contribution in [0.2, 0.25) is 0 Å². The van der Waals surface area contributed by atoms with Gasteiger partial charge in [0.15, 0.2) is 5.82 Å². The molecule has 0 bridgehead atoms. The molecule has 2 rings (SSSR count). The van der Waals surface area contributed by atoms with E-state index in [9.17, 15) is 9.59 Å². The molecule has 0 saturated carbocycles. The third kappa shape index (κ3) is 2.72. The topological polar surface area (TPSA) is 113 Å². The number of nitrogens with one attached hydrogen (secondary N) is 2. The van der Waals surface area contributed by atoms with Crippen molar-refractivity contribution in [1.29, 1.82) is 0 Å². The SMILES string of the molecule is NNc1cncc(C(=O)N2CCCNC(=O)C2)n1. The average Bonchev–Trinajstić information content (AvgIpc) is 2.62. The minimum atomic E-state index is -0.323. The number of aromatic nitrogens is 2. The fraction of sp³-hybridized carbons (Fsp3) is 0.400. The minimum absolute atomic E-state index is 0.0425. The highest BCUT2D eigenvalue weighted by Crippen LogP contribution is 2.06. The lowest BCUT2D eigenvalue weighted by Crippen LogP contribution is -2.37. The van der Waals surface area contributed by atoms with Gasteiger partial charge in [0.05, 0.1) is 18.9 Å². The van der Waals surface area contributed by atoms with Crippen LogP contribution in [0.15, 0.2) is 12.4 Å². The number of hydrazine groups is 1. The molecule has 0 spiro atoms. The predicted octanol–water partition coefficient (Wildman–Crippen LogP) is -1.28. The normalized spacial score (nSPS) is 15.8. The van der Waals surface area contributed by atoms with Crippen molar-refractivity contribution in [3.05, 3.63) is 18.1 Å². The van der Waals surface area contributed by atoms with Crippen LogP contribution in [0.3, 0.4) is 0 Å². The highest BCUT2D eigenvalue weighted by Gasteiger charge is 2.22. The van der Waals surface area contributed by atoms with E-state index in [1.54, 1.807) is 0 Å². The molecule has 8 nitrogen and oxygen atoms in total. The standard InChI is InChI=1S/C10H14N6O2/c11-15-8-5-12-4-7(14-8)10(18)16-3-1-2-13-9(17)6-16/h4-5H,1-3,6,11H2,(H,13,17)(H,14,15). The number of nitrogens with zero attached hydrogens (tertiary/aromatic N) is 3. The molecule has 0 atom stereocenters. The lowest BCUT2D eigenvalue weighted by atomic mass is 10.3. The Morgan fingerprint density at radius 2 is 2.33 bits per heavy atom. The van der Waals surface area contributed by atoms with E-state index in [1.807, 2.05) is 0 Å². The van der Waals surface area contributed by atoms with Crippen molar-refractivity contribution in [2.45, 2.75) is 6.42 Å². The molecule has 1 aliphatic rings. The van der Waals surface area contributed by atoms with Crippen molar-refractivity contribution in [2.24, 2.45) is 5.84 Å². The van der Waals surface area contributed by atoms with E-state index >= 15 is 0 Å². The summed E-state index contributed by atoms with van der Waals surface area (Å²) < 4.78 is 0. The zero-order valence-electron chi connectivity index (χ0n) is 9.72. The van der Waals surface area contributed by atoms with Gasteiger partial charge in [-0.15, -0.1) is 0 Å². The first kappa shape index (κ1) is 12.2. The van der Waals surface area contributed by atoms with Crippen molar-refractivity contribution in [2.75, 3.05) is 25.1 Å². The number of carbonyl (C=O) groups excluding carboxylic acids is 2. The number of nitrogens with two attached hydrogens (primary N) is 1. The number of rotatable bonds is 2. The second-order valence-electron chi connectivity index (χ2n) is 3.86. The molecular formula is C10H14N6O2. The smallest absolute Gasteiger partial charge is 0.274 e. The van der Waals surface area contributed by atoms with E-state index in [-0.39, 0.29) is 24.1 Å². The lowest BCUT2D eigenvalue weighted by Gasteiger charge is -2.18. The first-order chi connectivity index (χ1) is 8.70. The van der Waals surface area contributed by atoms with Crippen LogP contribution in [0.25, 0.3) is 0 Å². The highest BCUT2D eigenvalue weighted by molar-refractivity contribution is 5.95. The van der Waals surface area contributed by atoms with E-state index < -0.39 is 0 Å². The maximum Gasteiger partial charge on any atom is 0.274 e. The van der Waals surface area contributed by atoms with E-state index in [4.69, 9.17) is 5.84 Å². The van der Waals surface area contributed by atoms with Crippen LogP contribution in [-0.2, 0) is 4.79 Å². The number of anilines is 1. The van der Waals surface area contributed by atoms with Gasteiger partial charge in [0, 0.05) is 13.1 Å². The zero-order chi connectivity index (χ0) is 13.0. The molecule has 0 aromatic carbocycles. The van der Waals surface area contributed by atoms with Crippen molar-refractivity contribution in [1.82, 2.24) is 20.2 Å². The maximum atomic E-state index is 12.1. The van der Waals surface area contributed by atoms with Gasteiger partial charge < -0.3 is 15.6 Å². The number of nitrogen functional groups attached to an aromatic ring is 1. The van der Waals surface area contributed by atoms with Gasteiger partial charge in [0.1, 0.15) is 5.69 Å². The Morgan fingerprint density at radius 3 is 3.11 bits per heavy atom. The summed E-state index contributed by atoms with van der Waals surface area (Å²) in [5.74, 6) is 5.02. The summed E-state index contributed by atoms with van der Waals surface area (Å²) in [5, 5.41) is 2.70. The molecule has 8 heteroatoms. The Kier molecular flexibility index (Phi) is 3.68. The third-order valence-electron chi connectivity index (χ3n) is 2.55. The summed E-state index contributed by atoms with van der Waals surface area (Å²) in [6, 6.07) is 0. The molecule has 1 saturated heterocycles. The van der Waals surface area contributed by atoms with Crippen LogP contribution >= 0.6 is 0 Å². The molecule has 0 radical (unpaired) electrons. The van der Waals surface area contributed by atoms with Crippen LogP contribution in [-0.4, -0.2) is 46.3 Å². The van der Waals surface area contributed by atoms with Gasteiger partial charge in [-0.2, -0.15) is 0 Å². The van der Waals surface area contributed by atoms with Crippen LogP contribution in [0.1, 0.15) is 16.9 Å². The van der Waals surface area contributed by atoms with Crippen LogP contribution < -0.4 is 16.6 Å². The predicted molar refractivity (Wildman–Crippen MR) is 63.4 cm³/mol. The number of hydrogen-bond donors (Lipinski definition) is 3. The van der Waals surface area contributed by atoms with E-state index in [0.717, 1.165) is 6.42 Å². The fourth-order valence-corrected chi connectivity index (χ4v) is 1.68. The largest absolute Gasteiger partial charge is 0.354 e. The molecule has 1 fully saturated rings. The summed E-state index contributed by atoms with van der Waals surface area (Å²) in [7, 11) is 0. The van der Waals surface area contributed by atoms with Crippen LogP contribution in [0.4, 0.5) is 5.82 Å². The van der Waals surface area contributed by atoms with E-state index in [1.165, 1.54) is 17.3 Å². The third-order valence-corrected chi connectivity index (χ3v) is 2.55.